The summed E-state index contributed by atoms with van der Waals surface area (Å²) in [6.45, 7) is 3.98. The lowest BCUT2D eigenvalue weighted by molar-refractivity contribution is -0.134. The number of thioether (sulfide) groups is 2. The molecule has 2 aromatic carbocycles. The van der Waals surface area contributed by atoms with Crippen LogP contribution in [0.25, 0.3) is 11.1 Å². The molecular formula is C24H26N2O6S2. The number of para-hydroxylation sites is 2. The second kappa shape index (κ2) is 13.1. The highest BCUT2D eigenvalue weighted by molar-refractivity contribution is 7.99. The summed E-state index contributed by atoms with van der Waals surface area (Å²) < 4.78 is 11.5. The van der Waals surface area contributed by atoms with Crippen LogP contribution < -0.4 is 10.1 Å². The maximum atomic E-state index is 9.55. The van der Waals surface area contributed by atoms with Gasteiger partial charge in [-0.05, 0) is 36.7 Å². The van der Waals surface area contributed by atoms with E-state index in [9.17, 15) is 9.59 Å². The lowest BCUT2D eigenvalue weighted by atomic mass is 10.2. The van der Waals surface area contributed by atoms with Crippen LogP contribution in [0.4, 0.5) is 0 Å². The summed E-state index contributed by atoms with van der Waals surface area (Å²) in [6.07, 6.45) is 2.63. The first-order valence-electron chi connectivity index (χ1n) is 10.6. The van der Waals surface area contributed by atoms with E-state index in [2.05, 4.69) is 35.4 Å². The molecule has 1 aromatic heterocycles. The average Bonchev–Trinajstić information content (AvgIpc) is 3.22. The zero-order valence-corrected chi connectivity index (χ0v) is 20.2. The number of aliphatic carboxylic acids is 2. The first kappa shape index (κ1) is 25.7. The van der Waals surface area contributed by atoms with E-state index < -0.39 is 11.9 Å². The molecule has 0 spiro atoms. The highest BCUT2D eigenvalue weighted by atomic mass is 32.2. The van der Waals surface area contributed by atoms with Crippen molar-refractivity contribution in [3.05, 3.63) is 61.0 Å². The Morgan fingerprint density at radius 1 is 1.21 bits per heavy atom. The third-order valence-corrected chi connectivity index (χ3v) is 7.28. The number of benzene rings is 2. The summed E-state index contributed by atoms with van der Waals surface area (Å²) in [6, 6.07) is 14.8. The quantitative estimate of drug-likeness (QED) is 0.301. The predicted octanol–water partition coefficient (Wildman–Crippen LogP) is 4.41. The number of fused-ring (bicyclic) bond motifs is 2. The van der Waals surface area contributed by atoms with Gasteiger partial charge in [0.1, 0.15) is 17.9 Å². The van der Waals surface area contributed by atoms with Crippen molar-refractivity contribution in [3.8, 4) is 5.75 Å². The number of nitrogens with one attached hydrogen (secondary N) is 1. The Bertz CT molecular complexity index is 1090. The van der Waals surface area contributed by atoms with Gasteiger partial charge in [-0.25, -0.2) is 14.6 Å². The predicted molar refractivity (Wildman–Crippen MR) is 133 cm³/mol. The van der Waals surface area contributed by atoms with Crippen molar-refractivity contribution < 1.29 is 29.0 Å². The second-order valence-electron chi connectivity index (χ2n) is 7.56. The van der Waals surface area contributed by atoms with Crippen LogP contribution in [0.1, 0.15) is 6.92 Å². The Hall–Kier alpha value is -2.95. The molecule has 8 nitrogen and oxygen atoms in total. The van der Waals surface area contributed by atoms with Crippen LogP contribution in [-0.4, -0.2) is 57.8 Å². The molecule has 1 aliphatic heterocycles. The first-order chi connectivity index (χ1) is 16.4. The van der Waals surface area contributed by atoms with Crippen molar-refractivity contribution in [2.45, 2.75) is 22.8 Å². The van der Waals surface area contributed by atoms with E-state index in [1.165, 1.54) is 11.3 Å². The molecule has 0 bridgehead atoms. The first-order valence-corrected chi connectivity index (χ1v) is 12.6. The molecule has 180 valence electrons. The van der Waals surface area contributed by atoms with Crippen LogP contribution in [0, 0.1) is 5.92 Å². The number of hydrogen-bond acceptors (Lipinski definition) is 8. The molecule has 0 amide bonds. The molecule has 0 fully saturated rings. The molecule has 0 unspecified atom stereocenters. The molecule has 0 aliphatic carbocycles. The Balaban J connectivity index is 0.000000350. The number of oxazole rings is 1. The fraction of sp³-hybridized carbons (Fsp3) is 0.292. The summed E-state index contributed by atoms with van der Waals surface area (Å²) in [5.74, 6) is 1.11. The number of aromatic nitrogens is 1. The van der Waals surface area contributed by atoms with Gasteiger partial charge in [0.05, 0.1) is 10.9 Å². The standard InChI is InChI=1S/C20H22N2O2S2.C4H4O4/c1-14(11-25-19-8-4-5-16-20(19)24-13-22-16)9-21-15-10-23-17-6-2-3-7-18(17)26-12-15;5-3(6)1-2-4(7)8/h2-8,13-15,21H,9-12H2,1H3;1-2H,(H,5,6)(H,7,8)/b;2-1-/t14-,15+;/m0./s1. The van der Waals surface area contributed by atoms with Crippen molar-refractivity contribution in [1.29, 1.82) is 0 Å². The highest BCUT2D eigenvalue weighted by Gasteiger charge is 2.18. The van der Waals surface area contributed by atoms with Gasteiger partial charge in [0.15, 0.2) is 12.0 Å². The van der Waals surface area contributed by atoms with E-state index >= 15 is 0 Å². The number of carboxylic acids is 2. The summed E-state index contributed by atoms with van der Waals surface area (Å²) in [5, 5.41) is 19.3. The number of hydrogen-bond donors (Lipinski definition) is 3. The molecule has 34 heavy (non-hydrogen) atoms. The minimum atomic E-state index is -1.26. The van der Waals surface area contributed by atoms with E-state index in [0.717, 1.165) is 46.4 Å². The third-order valence-electron chi connectivity index (χ3n) is 4.70. The van der Waals surface area contributed by atoms with Crippen molar-refractivity contribution in [1.82, 2.24) is 10.3 Å². The van der Waals surface area contributed by atoms with Gasteiger partial charge in [0.2, 0.25) is 0 Å². The minimum absolute atomic E-state index is 0.373. The molecule has 0 saturated heterocycles. The molecular weight excluding hydrogens is 476 g/mol. The molecule has 3 N–H and O–H groups in total. The Kier molecular flexibility index (Phi) is 9.87. The van der Waals surface area contributed by atoms with E-state index in [1.54, 1.807) is 0 Å². The van der Waals surface area contributed by atoms with E-state index in [-0.39, 0.29) is 0 Å². The Morgan fingerprint density at radius 3 is 2.74 bits per heavy atom. The fourth-order valence-corrected chi connectivity index (χ4v) is 5.09. The number of carbonyl (C=O) groups is 2. The second-order valence-corrected chi connectivity index (χ2v) is 9.68. The number of rotatable bonds is 8. The van der Waals surface area contributed by atoms with Crippen molar-refractivity contribution in [2.75, 3.05) is 24.7 Å². The van der Waals surface area contributed by atoms with Gasteiger partial charge in [0.25, 0.3) is 0 Å². The average molecular weight is 503 g/mol. The summed E-state index contributed by atoms with van der Waals surface area (Å²) in [7, 11) is 0. The van der Waals surface area contributed by atoms with Gasteiger partial charge in [-0.2, -0.15) is 0 Å². The van der Waals surface area contributed by atoms with Gasteiger partial charge >= 0.3 is 11.9 Å². The smallest absolute Gasteiger partial charge is 0.328 e. The maximum Gasteiger partial charge on any atom is 0.328 e. The lowest BCUT2D eigenvalue weighted by Crippen LogP contribution is -2.39. The highest BCUT2D eigenvalue weighted by Crippen LogP contribution is 2.32. The van der Waals surface area contributed by atoms with Crippen LogP contribution in [-0.2, 0) is 9.59 Å². The van der Waals surface area contributed by atoms with Gasteiger partial charge in [0, 0.05) is 28.6 Å². The van der Waals surface area contributed by atoms with E-state index in [1.807, 2.05) is 47.8 Å². The number of carboxylic acid groups (broad SMARTS) is 2. The fourth-order valence-electron chi connectivity index (χ4n) is 3.01. The molecule has 2 atom stereocenters. The summed E-state index contributed by atoms with van der Waals surface area (Å²) in [5.41, 5.74) is 1.82. The molecule has 4 rings (SSSR count). The van der Waals surface area contributed by atoms with Crippen molar-refractivity contribution in [3.63, 3.8) is 0 Å². The minimum Gasteiger partial charge on any atom is -0.491 e. The van der Waals surface area contributed by atoms with Crippen LogP contribution >= 0.6 is 23.5 Å². The molecule has 1 aliphatic rings. The number of ether oxygens (including phenoxy) is 1. The van der Waals surface area contributed by atoms with Gasteiger partial charge in [-0.1, -0.05) is 25.1 Å². The zero-order valence-electron chi connectivity index (χ0n) is 18.5. The van der Waals surface area contributed by atoms with Crippen molar-refractivity contribution >= 4 is 46.6 Å². The van der Waals surface area contributed by atoms with Crippen LogP contribution in [0.2, 0.25) is 0 Å². The maximum absolute atomic E-state index is 9.55. The molecule has 0 radical (unpaired) electrons. The summed E-state index contributed by atoms with van der Waals surface area (Å²) >= 11 is 3.70. The normalized spacial score (nSPS) is 16.1. The van der Waals surface area contributed by atoms with Gasteiger partial charge < -0.3 is 24.7 Å². The van der Waals surface area contributed by atoms with E-state index in [0.29, 0.717) is 24.1 Å². The molecule has 10 heteroatoms. The van der Waals surface area contributed by atoms with Crippen LogP contribution in [0.5, 0.6) is 5.75 Å². The summed E-state index contributed by atoms with van der Waals surface area (Å²) in [4.78, 5) is 25.7. The monoisotopic (exact) mass is 502 g/mol. The molecule has 0 saturated carbocycles. The van der Waals surface area contributed by atoms with Crippen molar-refractivity contribution in [2.24, 2.45) is 5.92 Å². The Labute approximate surface area is 205 Å². The van der Waals surface area contributed by atoms with Gasteiger partial charge in [-0.3, -0.25) is 0 Å². The SMILES string of the molecule is C[C@@H](CN[C@@H]1COc2ccccc2SC1)CSc1cccc2ncoc12.O=C(O)/C=C\C(=O)O. The zero-order chi connectivity index (χ0) is 24.3. The number of nitrogens with zero attached hydrogens (tertiary/aromatic N) is 1. The molecule has 2 heterocycles. The van der Waals surface area contributed by atoms with Crippen LogP contribution in [0.15, 0.2) is 75.2 Å². The Morgan fingerprint density at radius 2 is 1.97 bits per heavy atom. The lowest BCUT2D eigenvalue weighted by Gasteiger charge is -2.19. The van der Waals surface area contributed by atoms with Gasteiger partial charge in [-0.15, -0.1) is 23.5 Å². The van der Waals surface area contributed by atoms with E-state index in [4.69, 9.17) is 19.4 Å². The molecule has 3 aromatic rings. The topological polar surface area (TPSA) is 122 Å². The third kappa shape index (κ3) is 8.12. The largest absolute Gasteiger partial charge is 0.491 e. The van der Waals surface area contributed by atoms with Crippen LogP contribution in [0.3, 0.4) is 0 Å².